The van der Waals surface area contributed by atoms with Crippen LogP contribution in [0.5, 0.6) is 0 Å². The smallest absolute Gasteiger partial charge is 0.0459 e. The van der Waals surface area contributed by atoms with E-state index in [0.29, 0.717) is 10.0 Å². The van der Waals surface area contributed by atoms with Crippen LogP contribution in [0.15, 0.2) is 62.0 Å². The molecule has 1 aromatic heterocycles. The maximum Gasteiger partial charge on any atom is 0.0459 e. The molecule has 1 atom stereocenters. The van der Waals surface area contributed by atoms with Gasteiger partial charge in [-0.05, 0) is 41.3 Å². The van der Waals surface area contributed by atoms with Crippen molar-refractivity contribution in [3.05, 3.63) is 83.1 Å². The molecule has 0 radical (unpaired) electrons. The Morgan fingerprint density at radius 3 is 2.70 bits per heavy atom. The average Bonchev–Trinajstić information content (AvgIpc) is 2.46. The van der Waals surface area contributed by atoms with Crippen molar-refractivity contribution in [3.8, 4) is 0 Å². The minimum Gasteiger partial charge on any atom is -0.264 e. The molecular weight excluding hydrogens is 289 g/mol. The second kappa shape index (κ2) is 6.74. The summed E-state index contributed by atoms with van der Waals surface area (Å²) < 4.78 is 0. The van der Waals surface area contributed by atoms with Crippen molar-refractivity contribution >= 4 is 28.8 Å². The second-order valence-electron chi connectivity index (χ2n) is 4.51. The lowest BCUT2D eigenvalue weighted by Crippen LogP contribution is -2.02. The molecule has 0 N–H and O–H groups in total. The van der Waals surface area contributed by atoms with Crippen LogP contribution in [0, 0.1) is 0 Å². The van der Waals surface area contributed by atoms with Crippen molar-refractivity contribution in [3.63, 3.8) is 0 Å². The molecule has 2 rings (SSSR count). The Balaban J connectivity index is 2.41. The van der Waals surface area contributed by atoms with Crippen LogP contribution in [0.1, 0.15) is 23.5 Å². The number of hydrogen-bond acceptors (Lipinski definition) is 1. The first-order valence-corrected chi connectivity index (χ1v) is 7.04. The van der Waals surface area contributed by atoms with E-state index in [0.717, 1.165) is 23.1 Å². The fourth-order valence-electron chi connectivity index (χ4n) is 2.16. The number of nitrogens with zero attached hydrogens (tertiary/aromatic N) is 1. The van der Waals surface area contributed by atoms with E-state index in [4.69, 9.17) is 23.2 Å². The van der Waals surface area contributed by atoms with E-state index in [1.807, 2.05) is 36.5 Å². The maximum atomic E-state index is 6.32. The Bertz CT molecular complexity index is 620. The molecular formula is C17H15Cl2N. The maximum absolute atomic E-state index is 6.32. The fourth-order valence-corrected chi connectivity index (χ4v) is 2.70. The predicted octanol–water partition coefficient (Wildman–Crippen LogP) is 5.76. The van der Waals surface area contributed by atoms with Gasteiger partial charge in [-0.15, -0.1) is 6.58 Å². The van der Waals surface area contributed by atoms with Gasteiger partial charge in [0.2, 0.25) is 0 Å². The van der Waals surface area contributed by atoms with Crippen molar-refractivity contribution in [2.24, 2.45) is 0 Å². The molecule has 0 fully saturated rings. The van der Waals surface area contributed by atoms with Gasteiger partial charge in [0.05, 0.1) is 0 Å². The summed E-state index contributed by atoms with van der Waals surface area (Å²) in [5.41, 5.74) is 2.98. The Morgan fingerprint density at radius 1 is 1.30 bits per heavy atom. The van der Waals surface area contributed by atoms with Crippen LogP contribution in [-0.4, -0.2) is 4.98 Å². The molecule has 3 heteroatoms. The van der Waals surface area contributed by atoms with Gasteiger partial charge in [0.1, 0.15) is 0 Å². The van der Waals surface area contributed by atoms with E-state index in [9.17, 15) is 0 Å². The topological polar surface area (TPSA) is 12.9 Å². The zero-order valence-corrected chi connectivity index (χ0v) is 12.5. The molecule has 1 nitrogen and oxygen atoms in total. The number of aromatic nitrogens is 1. The first-order valence-electron chi connectivity index (χ1n) is 6.28. The molecule has 1 aromatic carbocycles. The van der Waals surface area contributed by atoms with Crippen molar-refractivity contribution in [2.45, 2.75) is 12.3 Å². The van der Waals surface area contributed by atoms with Crippen molar-refractivity contribution < 1.29 is 0 Å². The second-order valence-corrected chi connectivity index (χ2v) is 5.35. The standard InChI is InChI=1S/C17H15Cl2N/c1-3-5-15(12(2)13-6-4-9-20-11-13)16-8-7-14(18)10-17(16)19/h3-4,6-11,15H,1-2,5H2. The minimum atomic E-state index is 0.0708. The summed E-state index contributed by atoms with van der Waals surface area (Å²) in [6, 6.07) is 9.44. The Morgan fingerprint density at radius 2 is 2.10 bits per heavy atom. The predicted molar refractivity (Wildman–Crippen MR) is 87.3 cm³/mol. The highest BCUT2D eigenvalue weighted by molar-refractivity contribution is 6.35. The van der Waals surface area contributed by atoms with Gasteiger partial charge in [-0.25, -0.2) is 0 Å². The molecule has 0 saturated heterocycles. The highest BCUT2D eigenvalue weighted by Gasteiger charge is 2.18. The molecule has 2 aromatic rings. The van der Waals surface area contributed by atoms with E-state index in [-0.39, 0.29) is 5.92 Å². The minimum absolute atomic E-state index is 0.0708. The zero-order chi connectivity index (χ0) is 14.5. The molecule has 0 spiro atoms. The fraction of sp³-hybridized carbons (Fsp3) is 0.118. The summed E-state index contributed by atoms with van der Waals surface area (Å²) in [5.74, 6) is 0.0708. The van der Waals surface area contributed by atoms with Gasteiger partial charge < -0.3 is 0 Å². The summed E-state index contributed by atoms with van der Waals surface area (Å²) >= 11 is 12.3. The number of allylic oxidation sites excluding steroid dienone is 2. The highest BCUT2D eigenvalue weighted by Crippen LogP contribution is 2.38. The Kier molecular flexibility index (Phi) is 4.99. The van der Waals surface area contributed by atoms with Gasteiger partial charge >= 0.3 is 0 Å². The SMILES string of the molecule is C=CCC(C(=C)c1cccnc1)c1ccc(Cl)cc1Cl. The van der Waals surface area contributed by atoms with Crippen LogP contribution in [-0.2, 0) is 0 Å². The first-order chi connectivity index (χ1) is 9.63. The van der Waals surface area contributed by atoms with Gasteiger partial charge in [-0.2, -0.15) is 0 Å². The zero-order valence-electron chi connectivity index (χ0n) is 11.0. The third-order valence-corrected chi connectivity index (χ3v) is 3.76. The lowest BCUT2D eigenvalue weighted by molar-refractivity contribution is 0.886. The van der Waals surface area contributed by atoms with Crippen LogP contribution >= 0.6 is 23.2 Å². The van der Waals surface area contributed by atoms with Gasteiger partial charge in [-0.1, -0.05) is 48.0 Å². The van der Waals surface area contributed by atoms with Crippen LogP contribution in [0.3, 0.4) is 0 Å². The van der Waals surface area contributed by atoms with Crippen molar-refractivity contribution in [1.29, 1.82) is 0 Å². The third-order valence-electron chi connectivity index (χ3n) is 3.19. The first kappa shape index (κ1) is 14.8. The number of hydrogen-bond donors (Lipinski definition) is 0. The van der Waals surface area contributed by atoms with E-state index >= 15 is 0 Å². The molecule has 0 bridgehead atoms. The molecule has 20 heavy (non-hydrogen) atoms. The summed E-state index contributed by atoms with van der Waals surface area (Å²) in [4.78, 5) is 4.14. The van der Waals surface area contributed by atoms with Crippen molar-refractivity contribution in [2.75, 3.05) is 0 Å². The number of benzene rings is 1. The molecule has 0 amide bonds. The highest BCUT2D eigenvalue weighted by atomic mass is 35.5. The monoisotopic (exact) mass is 303 g/mol. The number of halogens is 2. The van der Waals surface area contributed by atoms with E-state index in [1.165, 1.54) is 0 Å². The normalized spacial score (nSPS) is 11.9. The van der Waals surface area contributed by atoms with Gasteiger partial charge in [0, 0.05) is 28.4 Å². The quantitative estimate of drug-likeness (QED) is 0.640. The lowest BCUT2D eigenvalue weighted by atomic mass is 9.86. The van der Waals surface area contributed by atoms with Crippen LogP contribution in [0.25, 0.3) is 5.57 Å². The van der Waals surface area contributed by atoms with Gasteiger partial charge in [-0.3, -0.25) is 4.98 Å². The molecule has 0 aliphatic carbocycles. The Labute approximate surface area is 129 Å². The van der Waals surface area contributed by atoms with E-state index in [2.05, 4.69) is 18.1 Å². The summed E-state index contributed by atoms with van der Waals surface area (Å²) in [6.07, 6.45) is 6.18. The summed E-state index contributed by atoms with van der Waals surface area (Å²) in [5, 5.41) is 1.28. The van der Waals surface area contributed by atoms with E-state index < -0.39 is 0 Å². The van der Waals surface area contributed by atoms with Crippen LogP contribution in [0.2, 0.25) is 10.0 Å². The third kappa shape index (κ3) is 3.30. The van der Waals surface area contributed by atoms with Gasteiger partial charge in [0.15, 0.2) is 0 Å². The summed E-state index contributed by atoms with van der Waals surface area (Å²) in [6.45, 7) is 8.03. The largest absolute Gasteiger partial charge is 0.264 e. The van der Waals surface area contributed by atoms with Crippen LogP contribution < -0.4 is 0 Å². The molecule has 0 aliphatic heterocycles. The molecule has 0 aliphatic rings. The molecule has 0 saturated carbocycles. The summed E-state index contributed by atoms with van der Waals surface area (Å²) in [7, 11) is 0. The van der Waals surface area contributed by atoms with Crippen LogP contribution in [0.4, 0.5) is 0 Å². The molecule has 1 unspecified atom stereocenters. The molecule has 102 valence electrons. The number of rotatable bonds is 5. The molecule has 1 heterocycles. The van der Waals surface area contributed by atoms with Crippen molar-refractivity contribution in [1.82, 2.24) is 4.98 Å². The average molecular weight is 304 g/mol. The Hall–Kier alpha value is -1.57. The van der Waals surface area contributed by atoms with Gasteiger partial charge in [0.25, 0.3) is 0 Å². The number of pyridine rings is 1. The lowest BCUT2D eigenvalue weighted by Gasteiger charge is -2.20. The van der Waals surface area contributed by atoms with E-state index in [1.54, 1.807) is 12.3 Å².